The molecule has 0 bridgehead atoms. The normalized spacial score (nSPS) is 20.2. The quantitative estimate of drug-likeness (QED) is 0.841. The first-order valence-corrected chi connectivity index (χ1v) is 6.31. The third-order valence-corrected chi connectivity index (χ3v) is 3.48. The Morgan fingerprint density at radius 3 is 2.41 bits per heavy atom. The molecule has 0 spiro atoms. The lowest BCUT2D eigenvalue weighted by molar-refractivity contribution is 0.0667. The Morgan fingerprint density at radius 2 is 1.88 bits per heavy atom. The number of rotatable bonds is 4. The summed E-state index contributed by atoms with van der Waals surface area (Å²) in [6.45, 7) is 1.94. The van der Waals surface area contributed by atoms with Gasteiger partial charge in [0.1, 0.15) is 5.75 Å². The van der Waals surface area contributed by atoms with Gasteiger partial charge in [0.2, 0.25) is 0 Å². The van der Waals surface area contributed by atoms with Gasteiger partial charge in [-0.3, -0.25) is 0 Å². The van der Waals surface area contributed by atoms with Gasteiger partial charge in [-0.05, 0) is 50.3 Å². The van der Waals surface area contributed by atoms with Crippen LogP contribution in [0.1, 0.15) is 38.2 Å². The van der Waals surface area contributed by atoms with Crippen molar-refractivity contribution < 1.29 is 9.84 Å². The molecule has 1 unspecified atom stereocenters. The van der Waals surface area contributed by atoms with Crippen LogP contribution in [0, 0.1) is 0 Å². The molecule has 1 saturated carbocycles. The molecule has 0 radical (unpaired) electrons. The lowest BCUT2D eigenvalue weighted by Gasteiger charge is -2.22. The number of hydrogen-bond acceptors (Lipinski definition) is 3. The van der Waals surface area contributed by atoms with Gasteiger partial charge in [-0.15, -0.1) is 0 Å². The van der Waals surface area contributed by atoms with Gasteiger partial charge >= 0.3 is 0 Å². The Bertz CT molecular complexity index is 353. The minimum atomic E-state index is -0.952. The summed E-state index contributed by atoms with van der Waals surface area (Å²) in [6.07, 6.45) is 5.22. The fraction of sp³-hybridized carbons (Fsp3) is 0.571. The molecule has 3 heteroatoms. The van der Waals surface area contributed by atoms with Crippen LogP contribution >= 0.6 is 0 Å². The van der Waals surface area contributed by atoms with Gasteiger partial charge in [0.25, 0.3) is 0 Å². The highest BCUT2D eigenvalue weighted by Crippen LogP contribution is 2.26. The first-order valence-electron chi connectivity index (χ1n) is 6.31. The van der Waals surface area contributed by atoms with E-state index in [0.717, 1.165) is 24.2 Å². The zero-order valence-electron chi connectivity index (χ0n) is 10.4. The Labute approximate surface area is 103 Å². The fourth-order valence-corrected chi connectivity index (χ4v) is 2.21. The summed E-state index contributed by atoms with van der Waals surface area (Å²) >= 11 is 0. The maximum Gasteiger partial charge on any atom is 0.119 e. The molecule has 1 aromatic carbocycles. The van der Waals surface area contributed by atoms with E-state index in [2.05, 4.69) is 0 Å². The zero-order chi connectivity index (χ0) is 12.3. The average Bonchev–Trinajstić information content (AvgIpc) is 2.83. The van der Waals surface area contributed by atoms with Crippen molar-refractivity contribution in [1.29, 1.82) is 0 Å². The van der Waals surface area contributed by atoms with Crippen molar-refractivity contribution in [3.63, 3.8) is 0 Å². The summed E-state index contributed by atoms with van der Waals surface area (Å²) in [4.78, 5) is 0. The van der Waals surface area contributed by atoms with Gasteiger partial charge in [-0.1, -0.05) is 12.1 Å². The van der Waals surface area contributed by atoms with Gasteiger partial charge in [0.05, 0.1) is 11.7 Å². The number of nitrogens with two attached hydrogens (primary N) is 1. The monoisotopic (exact) mass is 235 g/mol. The highest BCUT2D eigenvalue weighted by molar-refractivity contribution is 5.30. The van der Waals surface area contributed by atoms with Crippen LogP contribution in [0.2, 0.25) is 0 Å². The van der Waals surface area contributed by atoms with Crippen LogP contribution < -0.4 is 10.5 Å². The Kier molecular flexibility index (Phi) is 3.69. The van der Waals surface area contributed by atoms with Gasteiger partial charge in [0.15, 0.2) is 0 Å². The Hall–Kier alpha value is -1.06. The molecule has 1 aliphatic rings. The van der Waals surface area contributed by atoms with E-state index in [1.807, 2.05) is 24.3 Å². The number of aliphatic hydroxyl groups is 1. The van der Waals surface area contributed by atoms with Crippen LogP contribution in [0.25, 0.3) is 0 Å². The van der Waals surface area contributed by atoms with Crippen molar-refractivity contribution in [3.05, 3.63) is 29.8 Å². The predicted octanol–water partition coefficient (Wildman–Crippen LogP) is 2.17. The molecular formula is C14H21NO2. The number of hydrogen-bond donors (Lipinski definition) is 2. The Morgan fingerprint density at radius 1 is 1.29 bits per heavy atom. The van der Waals surface area contributed by atoms with Crippen LogP contribution in [-0.2, 0) is 5.60 Å². The molecule has 0 aliphatic heterocycles. The highest BCUT2D eigenvalue weighted by atomic mass is 16.5. The van der Waals surface area contributed by atoms with Gasteiger partial charge in [0, 0.05) is 6.54 Å². The minimum absolute atomic E-state index is 0.218. The minimum Gasteiger partial charge on any atom is -0.490 e. The Balaban J connectivity index is 2.02. The van der Waals surface area contributed by atoms with Gasteiger partial charge in [-0.2, -0.15) is 0 Å². The van der Waals surface area contributed by atoms with E-state index in [9.17, 15) is 5.11 Å². The first kappa shape index (κ1) is 12.4. The van der Waals surface area contributed by atoms with Crippen LogP contribution in [0.4, 0.5) is 0 Å². The lowest BCUT2D eigenvalue weighted by Crippen LogP contribution is -2.31. The third-order valence-electron chi connectivity index (χ3n) is 3.48. The number of benzene rings is 1. The van der Waals surface area contributed by atoms with E-state index >= 15 is 0 Å². The van der Waals surface area contributed by atoms with Crippen molar-refractivity contribution in [3.8, 4) is 5.75 Å². The van der Waals surface area contributed by atoms with Gasteiger partial charge < -0.3 is 15.6 Å². The van der Waals surface area contributed by atoms with Crippen LogP contribution in [0.15, 0.2) is 24.3 Å². The molecule has 94 valence electrons. The fourth-order valence-electron chi connectivity index (χ4n) is 2.21. The van der Waals surface area contributed by atoms with Crippen LogP contribution in [-0.4, -0.2) is 17.8 Å². The summed E-state index contributed by atoms with van der Waals surface area (Å²) in [7, 11) is 0. The first-order chi connectivity index (χ1) is 8.12. The second-order valence-electron chi connectivity index (χ2n) is 5.03. The van der Waals surface area contributed by atoms with Crippen LogP contribution in [0.3, 0.4) is 0 Å². The summed E-state index contributed by atoms with van der Waals surface area (Å²) in [5, 5.41) is 10.0. The summed E-state index contributed by atoms with van der Waals surface area (Å²) < 4.78 is 5.86. The maximum absolute atomic E-state index is 10.0. The molecule has 1 aliphatic carbocycles. The van der Waals surface area contributed by atoms with E-state index < -0.39 is 5.60 Å². The van der Waals surface area contributed by atoms with E-state index in [1.54, 1.807) is 6.92 Å². The van der Waals surface area contributed by atoms with E-state index in [1.165, 1.54) is 12.8 Å². The standard InChI is InChI=1S/C14H21NO2/c1-14(16,10-15)11-6-8-13(9-7-11)17-12-4-2-3-5-12/h6-9,12,16H,2-5,10,15H2,1H3. The van der Waals surface area contributed by atoms with E-state index in [0.29, 0.717) is 6.10 Å². The molecule has 3 N–H and O–H groups in total. The molecule has 1 atom stereocenters. The molecule has 0 amide bonds. The average molecular weight is 235 g/mol. The zero-order valence-corrected chi connectivity index (χ0v) is 10.4. The van der Waals surface area contributed by atoms with Crippen LogP contribution in [0.5, 0.6) is 5.75 Å². The molecular weight excluding hydrogens is 214 g/mol. The summed E-state index contributed by atoms with van der Waals surface area (Å²) in [5.74, 6) is 0.883. The molecule has 0 aromatic heterocycles. The summed E-state index contributed by atoms with van der Waals surface area (Å²) in [5.41, 5.74) is 5.41. The molecule has 0 saturated heterocycles. The van der Waals surface area contributed by atoms with Crippen molar-refractivity contribution in [2.45, 2.75) is 44.3 Å². The van der Waals surface area contributed by atoms with E-state index in [-0.39, 0.29) is 6.54 Å². The molecule has 17 heavy (non-hydrogen) atoms. The van der Waals surface area contributed by atoms with Crippen molar-refractivity contribution in [2.75, 3.05) is 6.54 Å². The molecule has 0 heterocycles. The SMILES string of the molecule is CC(O)(CN)c1ccc(OC2CCCC2)cc1. The largest absolute Gasteiger partial charge is 0.490 e. The van der Waals surface area contributed by atoms with Crippen molar-refractivity contribution in [1.82, 2.24) is 0 Å². The number of ether oxygens (including phenoxy) is 1. The third kappa shape index (κ3) is 2.99. The molecule has 1 aromatic rings. The molecule has 3 nitrogen and oxygen atoms in total. The summed E-state index contributed by atoms with van der Waals surface area (Å²) in [6, 6.07) is 7.60. The maximum atomic E-state index is 10.0. The topological polar surface area (TPSA) is 55.5 Å². The second-order valence-corrected chi connectivity index (χ2v) is 5.03. The van der Waals surface area contributed by atoms with Gasteiger partial charge in [-0.25, -0.2) is 0 Å². The second kappa shape index (κ2) is 5.07. The molecule has 2 rings (SSSR count). The molecule has 1 fully saturated rings. The van der Waals surface area contributed by atoms with Crippen molar-refractivity contribution >= 4 is 0 Å². The highest BCUT2D eigenvalue weighted by Gasteiger charge is 2.21. The van der Waals surface area contributed by atoms with E-state index in [4.69, 9.17) is 10.5 Å². The smallest absolute Gasteiger partial charge is 0.119 e. The predicted molar refractivity (Wildman–Crippen MR) is 68.0 cm³/mol. The van der Waals surface area contributed by atoms with Crippen molar-refractivity contribution in [2.24, 2.45) is 5.73 Å². The lowest BCUT2D eigenvalue weighted by atomic mass is 9.96.